The number of benzene rings is 2. The number of nitrogens with one attached hydrogen (secondary N) is 1. The number of hydrogen-bond donors (Lipinski definition) is 1. The summed E-state index contributed by atoms with van der Waals surface area (Å²) >= 11 is 5.85. The topological polar surface area (TPSA) is 35.8 Å². The standard InChI is InChI=1S/C14H9ClF2N2/c15-11-2-1-3-13(17)14(11)19-8-10-6-9(7-18)4-5-12(10)16/h1-6,19H,8H2. The summed E-state index contributed by atoms with van der Waals surface area (Å²) in [7, 11) is 0. The van der Waals surface area contributed by atoms with Crippen LogP contribution in [-0.2, 0) is 6.54 Å². The summed E-state index contributed by atoms with van der Waals surface area (Å²) in [5.74, 6) is -0.969. The van der Waals surface area contributed by atoms with E-state index in [1.165, 1.54) is 36.4 Å². The predicted molar refractivity (Wildman–Crippen MR) is 69.9 cm³/mol. The highest BCUT2D eigenvalue weighted by Gasteiger charge is 2.08. The Balaban J connectivity index is 2.22. The molecule has 19 heavy (non-hydrogen) atoms. The Labute approximate surface area is 114 Å². The van der Waals surface area contributed by atoms with E-state index in [0.717, 1.165) is 0 Å². The zero-order chi connectivity index (χ0) is 13.8. The maximum atomic E-state index is 13.5. The van der Waals surface area contributed by atoms with E-state index in [0.29, 0.717) is 5.56 Å². The van der Waals surface area contributed by atoms with Crippen LogP contribution in [0.15, 0.2) is 36.4 Å². The van der Waals surface area contributed by atoms with Crippen LogP contribution in [0.1, 0.15) is 11.1 Å². The van der Waals surface area contributed by atoms with Crippen molar-refractivity contribution in [1.82, 2.24) is 0 Å². The van der Waals surface area contributed by atoms with Crippen LogP contribution in [-0.4, -0.2) is 0 Å². The van der Waals surface area contributed by atoms with Crippen molar-refractivity contribution in [2.75, 3.05) is 5.32 Å². The van der Waals surface area contributed by atoms with E-state index < -0.39 is 11.6 Å². The lowest BCUT2D eigenvalue weighted by Gasteiger charge is -2.10. The molecule has 0 aliphatic heterocycles. The molecule has 2 nitrogen and oxygen atoms in total. The van der Waals surface area contributed by atoms with Crippen LogP contribution in [0.25, 0.3) is 0 Å². The fraction of sp³-hybridized carbons (Fsp3) is 0.0714. The Kier molecular flexibility index (Phi) is 3.98. The molecule has 96 valence electrons. The first-order valence-electron chi connectivity index (χ1n) is 5.48. The van der Waals surface area contributed by atoms with E-state index in [4.69, 9.17) is 16.9 Å². The van der Waals surface area contributed by atoms with E-state index in [1.54, 1.807) is 0 Å². The van der Waals surface area contributed by atoms with Gasteiger partial charge in [-0.1, -0.05) is 17.7 Å². The molecule has 0 radical (unpaired) electrons. The molecule has 0 unspecified atom stereocenters. The summed E-state index contributed by atoms with van der Waals surface area (Å²) in [4.78, 5) is 0. The molecule has 0 heterocycles. The predicted octanol–water partition coefficient (Wildman–Crippen LogP) is 4.10. The first-order chi connectivity index (χ1) is 9.11. The van der Waals surface area contributed by atoms with Crippen LogP contribution in [0.5, 0.6) is 0 Å². The van der Waals surface area contributed by atoms with E-state index in [1.807, 2.05) is 6.07 Å². The number of nitriles is 1. The van der Waals surface area contributed by atoms with Crippen molar-refractivity contribution in [2.24, 2.45) is 0 Å². The number of halogens is 3. The third-order valence-corrected chi connectivity index (χ3v) is 2.91. The van der Waals surface area contributed by atoms with E-state index in [2.05, 4.69) is 5.32 Å². The highest BCUT2D eigenvalue weighted by atomic mass is 35.5. The number of para-hydroxylation sites is 1. The number of nitrogens with zero attached hydrogens (tertiary/aromatic N) is 1. The number of rotatable bonds is 3. The summed E-state index contributed by atoms with van der Waals surface area (Å²) in [6, 6.07) is 10.2. The lowest BCUT2D eigenvalue weighted by atomic mass is 10.1. The van der Waals surface area contributed by atoms with Crippen LogP contribution in [0.3, 0.4) is 0 Å². The zero-order valence-corrected chi connectivity index (χ0v) is 10.5. The number of anilines is 1. The SMILES string of the molecule is N#Cc1ccc(F)c(CNc2c(F)cccc2Cl)c1. The van der Waals surface area contributed by atoms with Crippen molar-refractivity contribution in [2.45, 2.75) is 6.54 Å². The molecule has 0 bridgehead atoms. The average molecular weight is 279 g/mol. The first-order valence-corrected chi connectivity index (χ1v) is 5.86. The van der Waals surface area contributed by atoms with Gasteiger partial charge in [-0.05, 0) is 30.3 Å². The van der Waals surface area contributed by atoms with Gasteiger partial charge in [-0.15, -0.1) is 0 Å². The zero-order valence-electron chi connectivity index (χ0n) is 9.75. The Morgan fingerprint density at radius 2 is 1.95 bits per heavy atom. The van der Waals surface area contributed by atoms with Gasteiger partial charge < -0.3 is 5.32 Å². The van der Waals surface area contributed by atoms with Gasteiger partial charge in [0.1, 0.15) is 11.6 Å². The lowest BCUT2D eigenvalue weighted by molar-refractivity contribution is 0.610. The van der Waals surface area contributed by atoms with Gasteiger partial charge in [-0.25, -0.2) is 8.78 Å². The van der Waals surface area contributed by atoms with Gasteiger partial charge in [0.15, 0.2) is 0 Å². The van der Waals surface area contributed by atoms with Crippen molar-refractivity contribution in [3.8, 4) is 6.07 Å². The fourth-order valence-electron chi connectivity index (χ4n) is 1.63. The second kappa shape index (κ2) is 5.68. The van der Waals surface area contributed by atoms with Crippen LogP contribution in [0, 0.1) is 23.0 Å². The number of hydrogen-bond acceptors (Lipinski definition) is 2. The molecular weight excluding hydrogens is 270 g/mol. The normalized spacial score (nSPS) is 10.0. The van der Waals surface area contributed by atoms with Gasteiger partial charge in [0.05, 0.1) is 22.3 Å². The Morgan fingerprint density at radius 3 is 2.63 bits per heavy atom. The molecule has 0 saturated heterocycles. The Hall–Kier alpha value is -2.12. The molecule has 2 aromatic rings. The van der Waals surface area contributed by atoms with Crippen molar-refractivity contribution in [3.63, 3.8) is 0 Å². The third kappa shape index (κ3) is 3.01. The van der Waals surface area contributed by atoms with Crippen LogP contribution in [0.4, 0.5) is 14.5 Å². The van der Waals surface area contributed by atoms with Crippen molar-refractivity contribution < 1.29 is 8.78 Å². The highest BCUT2D eigenvalue weighted by Crippen LogP contribution is 2.25. The maximum Gasteiger partial charge on any atom is 0.147 e. The Morgan fingerprint density at radius 1 is 1.16 bits per heavy atom. The van der Waals surface area contributed by atoms with Crippen molar-refractivity contribution >= 4 is 17.3 Å². The lowest BCUT2D eigenvalue weighted by Crippen LogP contribution is -2.04. The summed E-state index contributed by atoms with van der Waals surface area (Å²) in [6.45, 7) is 0.0437. The molecule has 0 amide bonds. The van der Waals surface area contributed by atoms with Gasteiger partial charge in [-0.2, -0.15) is 5.26 Å². The molecule has 0 saturated carbocycles. The van der Waals surface area contributed by atoms with Crippen molar-refractivity contribution in [3.05, 3.63) is 64.2 Å². The minimum absolute atomic E-state index is 0.0437. The molecule has 0 aliphatic carbocycles. The minimum atomic E-state index is -0.510. The Bertz CT molecular complexity index is 630. The molecule has 0 spiro atoms. The largest absolute Gasteiger partial charge is 0.377 e. The van der Waals surface area contributed by atoms with Gasteiger partial charge >= 0.3 is 0 Å². The van der Waals surface area contributed by atoms with Crippen molar-refractivity contribution in [1.29, 1.82) is 5.26 Å². The minimum Gasteiger partial charge on any atom is -0.377 e. The second-order valence-electron chi connectivity index (χ2n) is 3.87. The second-order valence-corrected chi connectivity index (χ2v) is 4.28. The molecule has 2 rings (SSSR count). The van der Waals surface area contributed by atoms with E-state index >= 15 is 0 Å². The highest BCUT2D eigenvalue weighted by molar-refractivity contribution is 6.33. The van der Waals surface area contributed by atoms with Gasteiger partial charge in [0.25, 0.3) is 0 Å². The third-order valence-electron chi connectivity index (χ3n) is 2.59. The van der Waals surface area contributed by atoms with Gasteiger partial charge in [-0.3, -0.25) is 0 Å². The molecule has 5 heteroatoms. The molecule has 0 fully saturated rings. The summed E-state index contributed by atoms with van der Waals surface area (Å²) in [6.07, 6.45) is 0. The molecule has 0 aliphatic rings. The maximum absolute atomic E-state index is 13.5. The van der Waals surface area contributed by atoms with E-state index in [9.17, 15) is 8.78 Å². The average Bonchev–Trinajstić information content (AvgIpc) is 2.40. The van der Waals surface area contributed by atoms with E-state index in [-0.39, 0.29) is 22.8 Å². The summed E-state index contributed by atoms with van der Waals surface area (Å²) < 4.78 is 27.0. The van der Waals surface area contributed by atoms with Crippen LogP contribution in [0.2, 0.25) is 5.02 Å². The quantitative estimate of drug-likeness (QED) is 0.917. The smallest absolute Gasteiger partial charge is 0.147 e. The van der Waals surface area contributed by atoms with Gasteiger partial charge in [0, 0.05) is 12.1 Å². The van der Waals surface area contributed by atoms with Crippen LogP contribution < -0.4 is 5.32 Å². The fourth-order valence-corrected chi connectivity index (χ4v) is 1.86. The first kappa shape index (κ1) is 13.3. The molecule has 0 aromatic heterocycles. The summed E-state index contributed by atoms with van der Waals surface area (Å²) in [5, 5.41) is 11.7. The molecule has 0 atom stereocenters. The van der Waals surface area contributed by atoms with Gasteiger partial charge in [0.2, 0.25) is 0 Å². The molecule has 2 aromatic carbocycles. The molecule has 1 N–H and O–H groups in total. The monoisotopic (exact) mass is 278 g/mol. The summed E-state index contributed by atoms with van der Waals surface area (Å²) in [5.41, 5.74) is 0.738. The van der Waals surface area contributed by atoms with Crippen LogP contribution >= 0.6 is 11.6 Å². The molecular formula is C14H9ClF2N2.